The van der Waals surface area contributed by atoms with Crippen molar-refractivity contribution in [3.63, 3.8) is 0 Å². The fraction of sp³-hybridized carbons (Fsp3) is 0.0588. The minimum absolute atomic E-state index is 0.376. The molecule has 0 atom stereocenters. The topological polar surface area (TPSA) is 66.0 Å². The molecule has 0 unspecified atom stereocenters. The van der Waals surface area contributed by atoms with Gasteiger partial charge in [0.05, 0.1) is 5.69 Å². The Bertz CT molecular complexity index is 855. The number of fused-ring (bicyclic) bond motifs is 1. The summed E-state index contributed by atoms with van der Waals surface area (Å²) in [6.45, 7) is 0. The molecule has 2 heterocycles. The second kappa shape index (κ2) is 5.51. The van der Waals surface area contributed by atoms with E-state index in [-0.39, 0.29) is 0 Å². The molecule has 0 aliphatic carbocycles. The van der Waals surface area contributed by atoms with E-state index in [2.05, 4.69) is 21.8 Å². The Morgan fingerprint density at radius 3 is 2.86 bits per heavy atom. The fourth-order valence-electron chi connectivity index (χ4n) is 2.35. The summed E-state index contributed by atoms with van der Waals surface area (Å²) in [5.74, 6) is 3.75. The van der Waals surface area contributed by atoms with Gasteiger partial charge in [-0.15, -0.1) is 0 Å². The summed E-state index contributed by atoms with van der Waals surface area (Å²) >= 11 is 0. The number of rotatable bonds is 2. The van der Waals surface area contributed by atoms with E-state index in [9.17, 15) is 4.79 Å². The van der Waals surface area contributed by atoms with Crippen LogP contribution in [-0.4, -0.2) is 21.0 Å². The van der Waals surface area contributed by atoms with Gasteiger partial charge in [-0.1, -0.05) is 24.1 Å². The summed E-state index contributed by atoms with van der Waals surface area (Å²) in [6.07, 6.45) is 3.87. The lowest BCUT2D eigenvalue weighted by atomic mass is 10.0. The van der Waals surface area contributed by atoms with Gasteiger partial charge in [-0.2, -0.15) is 0 Å². The van der Waals surface area contributed by atoms with E-state index in [1.807, 2.05) is 36.4 Å². The van der Waals surface area contributed by atoms with Crippen molar-refractivity contribution in [2.45, 2.75) is 6.42 Å². The van der Waals surface area contributed by atoms with Gasteiger partial charge >= 0.3 is 5.97 Å². The molecule has 4 heteroatoms. The first kappa shape index (κ1) is 12.9. The number of nitrogens with one attached hydrogen (secondary N) is 1. The summed E-state index contributed by atoms with van der Waals surface area (Å²) in [5.41, 5.74) is 3.89. The number of nitrogens with zero attached hydrogens (tertiary/aromatic N) is 1. The molecule has 102 valence electrons. The van der Waals surface area contributed by atoms with Crippen molar-refractivity contribution in [2.24, 2.45) is 0 Å². The Balaban J connectivity index is 2.15. The standard InChI is InChI=1S/C17H12N2O2/c20-16(21)9-3-7-14-13-6-1-2-8-15(13)19-17(14)12-5-4-10-18-11-12/h1-2,4-6,8,10-11,19H,7H2,(H,20,21). The Labute approximate surface area is 121 Å². The average molecular weight is 276 g/mol. The molecule has 0 amide bonds. The number of H-pyrrole nitrogens is 1. The molecule has 0 saturated heterocycles. The molecule has 0 aliphatic heterocycles. The maximum absolute atomic E-state index is 10.6. The zero-order valence-corrected chi connectivity index (χ0v) is 11.1. The first-order chi connectivity index (χ1) is 10.3. The Morgan fingerprint density at radius 2 is 2.10 bits per heavy atom. The lowest BCUT2D eigenvalue weighted by Crippen LogP contribution is -1.90. The van der Waals surface area contributed by atoms with Crippen LogP contribution in [0.5, 0.6) is 0 Å². The molecule has 3 rings (SSSR count). The lowest BCUT2D eigenvalue weighted by Gasteiger charge is -2.01. The number of hydrogen-bond acceptors (Lipinski definition) is 2. The van der Waals surface area contributed by atoms with E-state index in [0.29, 0.717) is 6.42 Å². The number of aromatic amines is 1. The molecule has 0 bridgehead atoms. The molecule has 0 saturated carbocycles. The van der Waals surface area contributed by atoms with Crippen LogP contribution in [0.25, 0.3) is 22.2 Å². The van der Waals surface area contributed by atoms with Crippen molar-refractivity contribution in [3.8, 4) is 23.1 Å². The second-order valence-electron chi connectivity index (χ2n) is 4.55. The molecule has 1 aromatic carbocycles. The number of hydrogen-bond donors (Lipinski definition) is 2. The summed E-state index contributed by atoms with van der Waals surface area (Å²) in [4.78, 5) is 18.0. The number of aliphatic carboxylic acids is 1. The summed E-state index contributed by atoms with van der Waals surface area (Å²) < 4.78 is 0. The molecule has 21 heavy (non-hydrogen) atoms. The predicted molar refractivity (Wildman–Crippen MR) is 80.6 cm³/mol. The Hall–Kier alpha value is -3.06. The van der Waals surface area contributed by atoms with Gasteiger partial charge in [0.1, 0.15) is 0 Å². The molecule has 0 radical (unpaired) electrons. The van der Waals surface area contributed by atoms with Crippen molar-refractivity contribution in [3.05, 3.63) is 54.4 Å². The van der Waals surface area contributed by atoms with E-state index in [4.69, 9.17) is 5.11 Å². The number of pyridine rings is 1. The smallest absolute Gasteiger partial charge is 0.381 e. The van der Waals surface area contributed by atoms with Crippen molar-refractivity contribution in [1.29, 1.82) is 0 Å². The zero-order chi connectivity index (χ0) is 14.7. The molecule has 2 N–H and O–H groups in total. The number of carboxylic acid groups (broad SMARTS) is 1. The molecule has 2 aromatic heterocycles. The van der Waals surface area contributed by atoms with Crippen LogP contribution in [-0.2, 0) is 11.2 Å². The average Bonchev–Trinajstić information content (AvgIpc) is 2.87. The predicted octanol–water partition coefficient (Wildman–Crippen LogP) is 2.86. The number of carboxylic acids is 1. The molecular formula is C17H12N2O2. The van der Waals surface area contributed by atoms with Crippen molar-refractivity contribution in [2.75, 3.05) is 0 Å². The second-order valence-corrected chi connectivity index (χ2v) is 4.55. The molecule has 0 fully saturated rings. The maximum Gasteiger partial charge on any atom is 0.381 e. The highest BCUT2D eigenvalue weighted by Gasteiger charge is 2.11. The third-order valence-electron chi connectivity index (χ3n) is 3.22. The van der Waals surface area contributed by atoms with Gasteiger partial charge in [0.2, 0.25) is 0 Å². The highest BCUT2D eigenvalue weighted by atomic mass is 16.4. The summed E-state index contributed by atoms with van der Waals surface area (Å²) in [5, 5.41) is 9.70. The summed E-state index contributed by atoms with van der Waals surface area (Å²) in [6, 6.07) is 11.7. The largest absolute Gasteiger partial charge is 0.472 e. The molecule has 0 spiro atoms. The third-order valence-corrected chi connectivity index (χ3v) is 3.22. The SMILES string of the molecule is O=C(O)C#CCc1c(-c2cccnc2)[nH]c2ccccc12. The highest BCUT2D eigenvalue weighted by molar-refractivity contribution is 5.91. The molecule has 0 aliphatic rings. The van der Waals surface area contributed by atoms with E-state index < -0.39 is 5.97 Å². The van der Waals surface area contributed by atoms with Crippen LogP contribution >= 0.6 is 0 Å². The minimum Gasteiger partial charge on any atom is -0.472 e. The maximum atomic E-state index is 10.6. The number of para-hydroxylation sites is 1. The molecule has 4 nitrogen and oxygen atoms in total. The van der Waals surface area contributed by atoms with Crippen LogP contribution in [0.2, 0.25) is 0 Å². The zero-order valence-electron chi connectivity index (χ0n) is 11.1. The molecule has 3 aromatic rings. The van der Waals surface area contributed by atoms with Gasteiger partial charge in [0, 0.05) is 41.2 Å². The Morgan fingerprint density at radius 1 is 1.24 bits per heavy atom. The van der Waals surface area contributed by atoms with Gasteiger partial charge in [-0.3, -0.25) is 4.98 Å². The van der Waals surface area contributed by atoms with Gasteiger partial charge in [0.15, 0.2) is 0 Å². The van der Waals surface area contributed by atoms with Crippen molar-refractivity contribution >= 4 is 16.9 Å². The lowest BCUT2D eigenvalue weighted by molar-refractivity contribution is -0.130. The van der Waals surface area contributed by atoms with Crippen LogP contribution < -0.4 is 0 Å². The van der Waals surface area contributed by atoms with Gasteiger partial charge in [-0.25, -0.2) is 4.79 Å². The van der Waals surface area contributed by atoms with Crippen LogP contribution in [0.15, 0.2) is 48.8 Å². The Kier molecular flexibility index (Phi) is 3.40. The van der Waals surface area contributed by atoms with Crippen LogP contribution in [0.3, 0.4) is 0 Å². The number of aromatic nitrogens is 2. The van der Waals surface area contributed by atoms with Crippen LogP contribution in [0, 0.1) is 11.8 Å². The van der Waals surface area contributed by atoms with Gasteiger partial charge in [-0.05, 0) is 23.8 Å². The molecular weight excluding hydrogens is 264 g/mol. The third kappa shape index (κ3) is 2.63. The summed E-state index contributed by atoms with van der Waals surface area (Å²) in [7, 11) is 0. The monoisotopic (exact) mass is 276 g/mol. The quantitative estimate of drug-likeness (QED) is 0.707. The van der Waals surface area contributed by atoms with Crippen LogP contribution in [0.1, 0.15) is 5.56 Å². The fourth-order valence-corrected chi connectivity index (χ4v) is 2.35. The van der Waals surface area contributed by atoms with Crippen molar-refractivity contribution < 1.29 is 9.90 Å². The van der Waals surface area contributed by atoms with Crippen LogP contribution in [0.4, 0.5) is 0 Å². The highest BCUT2D eigenvalue weighted by Crippen LogP contribution is 2.30. The first-order valence-corrected chi connectivity index (χ1v) is 6.47. The minimum atomic E-state index is -1.11. The first-order valence-electron chi connectivity index (χ1n) is 6.47. The normalized spacial score (nSPS) is 10.1. The van der Waals surface area contributed by atoms with Crippen molar-refractivity contribution in [1.82, 2.24) is 9.97 Å². The van der Waals surface area contributed by atoms with Gasteiger partial charge in [0.25, 0.3) is 0 Å². The van der Waals surface area contributed by atoms with E-state index in [1.54, 1.807) is 12.4 Å². The van der Waals surface area contributed by atoms with E-state index in [0.717, 1.165) is 27.7 Å². The van der Waals surface area contributed by atoms with Gasteiger partial charge < -0.3 is 10.1 Å². The van der Waals surface area contributed by atoms with E-state index in [1.165, 1.54) is 0 Å². The van der Waals surface area contributed by atoms with E-state index >= 15 is 0 Å². The number of carbonyl (C=O) groups is 1. The number of benzene rings is 1.